The van der Waals surface area contributed by atoms with Gasteiger partial charge in [-0.05, 0) is 41.0 Å². The summed E-state index contributed by atoms with van der Waals surface area (Å²) in [6, 6.07) is 4.55. The van der Waals surface area contributed by atoms with E-state index < -0.39 is 0 Å². The molecule has 0 aliphatic rings. The molecule has 1 aromatic carbocycles. The Hall–Kier alpha value is -1.53. The fraction of sp³-hybridized carbons (Fsp3) is 0.286. The molecule has 0 fully saturated rings. The molecule has 0 amide bonds. The number of halogens is 2. The molecule has 0 aliphatic heterocycles. The maximum Gasteiger partial charge on any atom is 0.238 e. The summed E-state index contributed by atoms with van der Waals surface area (Å²) in [5.74, 6) is 0.359. The first-order chi connectivity index (χ1) is 9.69. The summed E-state index contributed by atoms with van der Waals surface area (Å²) in [6.45, 7) is 3.65. The summed E-state index contributed by atoms with van der Waals surface area (Å²) < 4.78 is 19.3. The van der Waals surface area contributed by atoms with E-state index in [4.69, 9.17) is 4.74 Å². The number of nitrogens with zero attached hydrogens (tertiary/aromatic N) is 2. The highest BCUT2D eigenvalue weighted by atomic mass is 79.9. The lowest BCUT2D eigenvalue weighted by Crippen LogP contribution is -2.15. The van der Waals surface area contributed by atoms with Crippen molar-refractivity contribution < 1.29 is 9.13 Å². The van der Waals surface area contributed by atoms with Crippen LogP contribution < -0.4 is 10.1 Å². The molecule has 20 heavy (non-hydrogen) atoms. The third-order valence-corrected chi connectivity index (χ3v) is 3.15. The highest BCUT2D eigenvalue weighted by Crippen LogP contribution is 2.24. The molecule has 1 heterocycles. The Bertz CT molecular complexity index is 580. The number of benzene rings is 1. The van der Waals surface area contributed by atoms with Gasteiger partial charge in [-0.25, -0.2) is 9.37 Å². The lowest BCUT2D eigenvalue weighted by Gasteiger charge is -2.07. The van der Waals surface area contributed by atoms with Crippen molar-refractivity contribution in [3.8, 4) is 11.6 Å². The van der Waals surface area contributed by atoms with E-state index in [1.54, 1.807) is 18.3 Å². The van der Waals surface area contributed by atoms with Gasteiger partial charge >= 0.3 is 0 Å². The topological polar surface area (TPSA) is 47.0 Å². The number of hydrogen-bond acceptors (Lipinski definition) is 4. The van der Waals surface area contributed by atoms with E-state index >= 15 is 0 Å². The number of hydrogen-bond donors (Lipinski definition) is 1. The maximum atomic E-state index is 13.4. The fourth-order valence-corrected chi connectivity index (χ4v) is 1.82. The summed E-state index contributed by atoms with van der Waals surface area (Å²) in [5.41, 5.74) is 0.786. The summed E-state index contributed by atoms with van der Waals surface area (Å²) >= 11 is 3.09. The Morgan fingerprint density at radius 1 is 1.35 bits per heavy atom. The zero-order valence-electron chi connectivity index (χ0n) is 11.1. The van der Waals surface area contributed by atoms with Gasteiger partial charge in [0.1, 0.15) is 11.6 Å². The summed E-state index contributed by atoms with van der Waals surface area (Å²) in [6.07, 6.45) is 4.24. The Morgan fingerprint density at radius 2 is 2.20 bits per heavy atom. The third-order valence-electron chi connectivity index (χ3n) is 2.51. The van der Waals surface area contributed by atoms with Gasteiger partial charge in [0, 0.05) is 18.8 Å². The van der Waals surface area contributed by atoms with Crippen LogP contribution in [0.2, 0.25) is 0 Å². The van der Waals surface area contributed by atoms with Crippen LogP contribution in [0.15, 0.2) is 35.1 Å². The molecule has 1 N–H and O–H groups in total. The number of aromatic nitrogens is 2. The highest BCUT2D eigenvalue weighted by Gasteiger charge is 2.05. The molecule has 0 unspecified atom stereocenters. The minimum Gasteiger partial charge on any atom is -0.437 e. The Morgan fingerprint density at radius 3 is 2.95 bits per heavy atom. The van der Waals surface area contributed by atoms with Crippen molar-refractivity contribution in [1.82, 2.24) is 15.3 Å². The van der Waals surface area contributed by atoms with Crippen LogP contribution in [-0.4, -0.2) is 16.5 Å². The number of rotatable bonds is 6. The molecule has 106 valence electrons. The quantitative estimate of drug-likeness (QED) is 0.815. The molecule has 4 nitrogen and oxygen atoms in total. The summed E-state index contributed by atoms with van der Waals surface area (Å²) in [5, 5.41) is 3.23. The third kappa shape index (κ3) is 4.25. The van der Waals surface area contributed by atoms with Gasteiger partial charge in [0.15, 0.2) is 0 Å². The summed E-state index contributed by atoms with van der Waals surface area (Å²) in [4.78, 5) is 8.38. The molecule has 6 heteroatoms. The Kier molecular flexibility index (Phi) is 5.43. The second kappa shape index (κ2) is 7.31. The van der Waals surface area contributed by atoms with Crippen LogP contribution in [0.3, 0.4) is 0 Å². The molecule has 0 atom stereocenters. The molecule has 0 aliphatic carbocycles. The molecule has 2 rings (SSSR count). The minimum atomic E-state index is -0.378. The van der Waals surface area contributed by atoms with E-state index in [0.29, 0.717) is 22.6 Å². The van der Waals surface area contributed by atoms with Crippen LogP contribution in [0.5, 0.6) is 11.6 Å². The van der Waals surface area contributed by atoms with Crippen LogP contribution in [0.25, 0.3) is 0 Å². The fourth-order valence-electron chi connectivity index (χ4n) is 1.58. The van der Waals surface area contributed by atoms with E-state index in [1.807, 2.05) is 0 Å². The van der Waals surface area contributed by atoms with Gasteiger partial charge in [0.05, 0.1) is 16.4 Å². The standard InChI is InChI=1S/C14H15BrFN3O/c1-2-5-17-7-10-8-18-9-14(19-10)20-11-3-4-12(15)13(16)6-11/h3-4,6,8-9,17H,2,5,7H2,1H3. The van der Waals surface area contributed by atoms with Crippen molar-refractivity contribution in [3.05, 3.63) is 46.6 Å². The van der Waals surface area contributed by atoms with Crippen molar-refractivity contribution in [3.63, 3.8) is 0 Å². The first-order valence-corrected chi connectivity index (χ1v) is 7.13. The maximum absolute atomic E-state index is 13.4. The molecule has 0 bridgehead atoms. The van der Waals surface area contributed by atoms with E-state index in [2.05, 4.69) is 38.1 Å². The molecule has 0 radical (unpaired) electrons. The van der Waals surface area contributed by atoms with Crippen molar-refractivity contribution in [2.75, 3.05) is 6.54 Å². The Labute approximate surface area is 125 Å². The van der Waals surface area contributed by atoms with E-state index in [-0.39, 0.29) is 5.82 Å². The van der Waals surface area contributed by atoms with Crippen LogP contribution in [0.1, 0.15) is 19.0 Å². The monoisotopic (exact) mass is 339 g/mol. The van der Waals surface area contributed by atoms with E-state index in [9.17, 15) is 4.39 Å². The van der Waals surface area contributed by atoms with Gasteiger partial charge in [-0.2, -0.15) is 0 Å². The normalized spacial score (nSPS) is 10.6. The van der Waals surface area contributed by atoms with Gasteiger partial charge in [0.25, 0.3) is 0 Å². The second-order valence-electron chi connectivity index (χ2n) is 4.20. The van der Waals surface area contributed by atoms with E-state index in [0.717, 1.165) is 18.7 Å². The van der Waals surface area contributed by atoms with Crippen molar-refractivity contribution in [2.24, 2.45) is 0 Å². The zero-order chi connectivity index (χ0) is 14.4. The molecule has 0 spiro atoms. The van der Waals surface area contributed by atoms with Gasteiger partial charge in [-0.1, -0.05) is 6.92 Å². The number of nitrogens with one attached hydrogen (secondary N) is 1. The number of ether oxygens (including phenoxy) is 1. The first-order valence-electron chi connectivity index (χ1n) is 6.33. The van der Waals surface area contributed by atoms with E-state index in [1.165, 1.54) is 12.3 Å². The predicted molar refractivity (Wildman–Crippen MR) is 78.2 cm³/mol. The molecule has 1 aromatic heterocycles. The average molecular weight is 340 g/mol. The van der Waals surface area contributed by atoms with Gasteiger partial charge in [0.2, 0.25) is 5.88 Å². The van der Waals surface area contributed by atoms with Gasteiger partial charge in [-0.3, -0.25) is 4.98 Å². The van der Waals surface area contributed by atoms with Crippen molar-refractivity contribution in [2.45, 2.75) is 19.9 Å². The predicted octanol–water partition coefficient (Wildman–Crippen LogP) is 3.67. The zero-order valence-corrected chi connectivity index (χ0v) is 12.7. The lowest BCUT2D eigenvalue weighted by molar-refractivity contribution is 0.451. The van der Waals surface area contributed by atoms with Crippen LogP contribution in [-0.2, 0) is 6.54 Å². The van der Waals surface area contributed by atoms with Crippen molar-refractivity contribution in [1.29, 1.82) is 0 Å². The van der Waals surface area contributed by atoms with Crippen LogP contribution in [0.4, 0.5) is 4.39 Å². The molecular weight excluding hydrogens is 325 g/mol. The molecule has 2 aromatic rings. The molecule has 0 saturated carbocycles. The SMILES string of the molecule is CCCNCc1cncc(Oc2ccc(Br)c(F)c2)n1. The van der Waals surface area contributed by atoms with Crippen LogP contribution in [0, 0.1) is 5.82 Å². The molecule has 0 saturated heterocycles. The van der Waals surface area contributed by atoms with Crippen molar-refractivity contribution >= 4 is 15.9 Å². The minimum absolute atomic E-state index is 0.350. The summed E-state index contributed by atoms with van der Waals surface area (Å²) in [7, 11) is 0. The first kappa shape index (κ1) is 14.9. The lowest BCUT2D eigenvalue weighted by atomic mass is 10.3. The Balaban J connectivity index is 2.05. The average Bonchev–Trinajstić information content (AvgIpc) is 2.44. The van der Waals surface area contributed by atoms with Crippen LogP contribution >= 0.6 is 15.9 Å². The highest BCUT2D eigenvalue weighted by molar-refractivity contribution is 9.10. The largest absolute Gasteiger partial charge is 0.437 e. The second-order valence-corrected chi connectivity index (χ2v) is 5.06. The smallest absolute Gasteiger partial charge is 0.238 e. The van der Waals surface area contributed by atoms with Gasteiger partial charge in [-0.15, -0.1) is 0 Å². The van der Waals surface area contributed by atoms with Gasteiger partial charge < -0.3 is 10.1 Å². The molecular formula is C14H15BrFN3O.